The molecule has 0 rings (SSSR count). The van der Waals surface area contributed by atoms with Gasteiger partial charge in [0.05, 0.1) is 0 Å². The van der Waals surface area contributed by atoms with Gasteiger partial charge >= 0.3 is 0 Å². The summed E-state index contributed by atoms with van der Waals surface area (Å²) in [5.74, 6) is 2.57. The van der Waals surface area contributed by atoms with Crippen molar-refractivity contribution < 1.29 is 0 Å². The number of allylic oxidation sites excluding steroid dienone is 1. The molecule has 0 saturated heterocycles. The minimum atomic E-state index is 0.290. The lowest BCUT2D eigenvalue weighted by Gasteiger charge is -2.21. The van der Waals surface area contributed by atoms with E-state index < -0.39 is 0 Å². The molecule has 0 atom stereocenters. The number of hydrogen-bond donors (Lipinski definition) is 0. The number of hydrogen-bond acceptors (Lipinski definition) is 1. The first-order valence-electron chi connectivity index (χ1n) is 6.39. The highest BCUT2D eigenvalue weighted by atomic mass is 32.2. The van der Waals surface area contributed by atoms with Gasteiger partial charge in [0.2, 0.25) is 0 Å². The summed E-state index contributed by atoms with van der Waals surface area (Å²) in [5.41, 5.74) is 2.16. The lowest BCUT2D eigenvalue weighted by Crippen LogP contribution is -2.09. The van der Waals surface area contributed by atoms with Gasteiger partial charge in [-0.15, -0.1) is 0 Å². The molecule has 0 heterocycles. The van der Waals surface area contributed by atoms with E-state index in [1.165, 1.54) is 36.3 Å². The summed E-state index contributed by atoms with van der Waals surface area (Å²) >= 11 is 2.09. The normalized spacial score (nSPS) is 12.9. The minimum Gasteiger partial charge on any atom is -0.161 e. The van der Waals surface area contributed by atoms with Crippen LogP contribution in [0.25, 0.3) is 0 Å². The Labute approximate surface area is 107 Å². The Morgan fingerprint density at radius 2 is 1.56 bits per heavy atom. The molecule has 0 aromatic rings. The predicted molar refractivity (Wildman–Crippen MR) is 79.2 cm³/mol. The van der Waals surface area contributed by atoms with Crippen molar-refractivity contribution in [2.75, 3.05) is 11.5 Å². The summed E-state index contributed by atoms with van der Waals surface area (Å²) in [7, 11) is 0. The molecule has 0 unspecified atom stereocenters. The van der Waals surface area contributed by atoms with E-state index >= 15 is 0 Å². The van der Waals surface area contributed by atoms with Crippen LogP contribution in [0.5, 0.6) is 0 Å². The van der Waals surface area contributed by atoms with Gasteiger partial charge < -0.3 is 0 Å². The van der Waals surface area contributed by atoms with Crippen molar-refractivity contribution in [3.8, 4) is 0 Å². The lowest BCUT2D eigenvalue weighted by atomic mass is 9.85. The average molecular weight is 242 g/mol. The van der Waals surface area contributed by atoms with Crippen LogP contribution in [0.1, 0.15) is 60.8 Å². The molecule has 0 fully saturated rings. The number of rotatable bonds is 6. The fourth-order valence-electron chi connectivity index (χ4n) is 1.30. The van der Waals surface area contributed by atoms with Crippen molar-refractivity contribution in [1.82, 2.24) is 0 Å². The first-order valence-corrected chi connectivity index (χ1v) is 7.54. The predicted octanol–water partition coefficient (Wildman–Crippen LogP) is 5.54. The van der Waals surface area contributed by atoms with E-state index in [-0.39, 0.29) is 0 Å². The van der Waals surface area contributed by atoms with Gasteiger partial charge in [-0.1, -0.05) is 53.7 Å². The molecule has 0 aliphatic rings. The maximum absolute atomic E-state index is 4.18. The molecule has 0 aromatic heterocycles. The highest BCUT2D eigenvalue weighted by molar-refractivity contribution is 7.99. The summed E-state index contributed by atoms with van der Waals surface area (Å²) in [6.45, 7) is 17.9. The number of unbranched alkanes of at least 4 members (excludes halogenated alkanes) is 1. The fraction of sp³-hybridized carbons (Fsp3) is 0.867. The third-order valence-electron chi connectivity index (χ3n) is 2.61. The average Bonchev–Trinajstić information content (AvgIpc) is 2.07. The first-order chi connectivity index (χ1) is 7.13. The molecule has 0 nitrogen and oxygen atoms in total. The molecule has 0 saturated carbocycles. The van der Waals surface area contributed by atoms with Gasteiger partial charge in [-0.05, 0) is 41.6 Å². The van der Waals surface area contributed by atoms with Crippen LogP contribution in [-0.2, 0) is 0 Å². The Balaban J connectivity index is 3.45. The van der Waals surface area contributed by atoms with Crippen molar-refractivity contribution in [1.29, 1.82) is 0 Å². The second-order valence-electron chi connectivity index (χ2n) is 6.92. The summed E-state index contributed by atoms with van der Waals surface area (Å²) in [6.07, 6.45) is 3.82. The molecule has 0 aromatic carbocycles. The summed E-state index contributed by atoms with van der Waals surface area (Å²) in [4.78, 5) is 0. The molecule has 0 N–H and O–H groups in total. The van der Waals surface area contributed by atoms with Crippen LogP contribution in [0.2, 0.25) is 0 Å². The molecule has 0 bridgehead atoms. The van der Waals surface area contributed by atoms with Crippen LogP contribution in [0.4, 0.5) is 0 Å². The van der Waals surface area contributed by atoms with E-state index in [1.54, 1.807) is 0 Å². The van der Waals surface area contributed by atoms with Crippen molar-refractivity contribution in [2.45, 2.75) is 60.8 Å². The van der Waals surface area contributed by atoms with Crippen LogP contribution in [-0.4, -0.2) is 11.5 Å². The zero-order valence-corrected chi connectivity index (χ0v) is 13.0. The molecule has 0 aliphatic carbocycles. The van der Waals surface area contributed by atoms with Gasteiger partial charge in [-0.25, -0.2) is 0 Å². The molecule has 0 radical (unpaired) electrons. The first kappa shape index (κ1) is 16.1. The largest absolute Gasteiger partial charge is 0.161 e. The van der Waals surface area contributed by atoms with Crippen LogP contribution >= 0.6 is 11.8 Å². The summed E-state index contributed by atoms with van der Waals surface area (Å²) in [6, 6.07) is 0. The fourth-order valence-corrected chi connectivity index (χ4v) is 2.46. The van der Waals surface area contributed by atoms with Crippen LogP contribution in [0.3, 0.4) is 0 Å². The summed E-state index contributed by atoms with van der Waals surface area (Å²) < 4.78 is 0. The van der Waals surface area contributed by atoms with Gasteiger partial charge in [0.15, 0.2) is 0 Å². The SMILES string of the molecule is C=C(CCCCSCC(C)(C)C)C(C)(C)C. The van der Waals surface area contributed by atoms with Crippen LogP contribution < -0.4 is 0 Å². The van der Waals surface area contributed by atoms with Crippen molar-refractivity contribution >= 4 is 11.8 Å². The van der Waals surface area contributed by atoms with E-state index in [9.17, 15) is 0 Å². The second-order valence-corrected chi connectivity index (χ2v) is 8.03. The van der Waals surface area contributed by atoms with Crippen molar-refractivity contribution in [2.24, 2.45) is 10.8 Å². The zero-order chi connectivity index (χ0) is 12.8. The molecule has 0 spiro atoms. The smallest absolute Gasteiger partial charge is 0.00187 e. The topological polar surface area (TPSA) is 0 Å². The van der Waals surface area contributed by atoms with E-state index in [0.29, 0.717) is 10.8 Å². The maximum atomic E-state index is 4.18. The Bertz CT molecular complexity index is 202. The monoisotopic (exact) mass is 242 g/mol. The lowest BCUT2D eigenvalue weighted by molar-refractivity contribution is 0.477. The van der Waals surface area contributed by atoms with Gasteiger partial charge in [-0.2, -0.15) is 11.8 Å². The van der Waals surface area contributed by atoms with Gasteiger partial charge in [0, 0.05) is 0 Å². The highest BCUT2D eigenvalue weighted by Crippen LogP contribution is 2.28. The molecule has 0 aliphatic heterocycles. The second kappa shape index (κ2) is 6.74. The zero-order valence-electron chi connectivity index (χ0n) is 12.2. The third kappa shape index (κ3) is 9.33. The van der Waals surface area contributed by atoms with Crippen molar-refractivity contribution in [3.05, 3.63) is 12.2 Å². The van der Waals surface area contributed by atoms with Crippen LogP contribution in [0, 0.1) is 10.8 Å². The van der Waals surface area contributed by atoms with Crippen LogP contribution in [0.15, 0.2) is 12.2 Å². The van der Waals surface area contributed by atoms with E-state index in [2.05, 4.69) is 59.9 Å². The van der Waals surface area contributed by atoms with E-state index in [4.69, 9.17) is 0 Å². The maximum Gasteiger partial charge on any atom is -0.00187 e. The van der Waals surface area contributed by atoms with Crippen molar-refractivity contribution in [3.63, 3.8) is 0 Å². The van der Waals surface area contributed by atoms with Gasteiger partial charge in [0.1, 0.15) is 0 Å². The Morgan fingerprint density at radius 3 is 2.00 bits per heavy atom. The third-order valence-corrected chi connectivity index (χ3v) is 4.26. The summed E-state index contributed by atoms with van der Waals surface area (Å²) in [5, 5.41) is 0. The van der Waals surface area contributed by atoms with E-state index in [0.717, 1.165) is 0 Å². The highest BCUT2D eigenvalue weighted by Gasteiger charge is 2.14. The van der Waals surface area contributed by atoms with E-state index in [1.807, 2.05) is 0 Å². The quantitative estimate of drug-likeness (QED) is 0.435. The Hall–Kier alpha value is 0.0900. The standard InChI is InChI=1S/C15H30S/c1-13(15(5,6)7)10-8-9-11-16-12-14(2,3)4/h1,8-12H2,2-7H3. The minimum absolute atomic E-state index is 0.290. The molecular weight excluding hydrogens is 212 g/mol. The molecule has 16 heavy (non-hydrogen) atoms. The molecule has 1 heteroatoms. The van der Waals surface area contributed by atoms with Gasteiger partial charge in [-0.3, -0.25) is 0 Å². The number of thioether (sulfide) groups is 1. The Kier molecular flexibility index (Phi) is 6.77. The molecular formula is C15H30S. The van der Waals surface area contributed by atoms with Gasteiger partial charge in [0.25, 0.3) is 0 Å². The Morgan fingerprint density at radius 1 is 1.00 bits per heavy atom. The molecule has 0 amide bonds. The molecule has 96 valence electrons.